The average Bonchev–Trinajstić information content (AvgIpc) is 3.43. The highest BCUT2D eigenvalue weighted by Gasteiger charge is 2.24. The molecule has 1 N–H and O–H groups in total. The summed E-state index contributed by atoms with van der Waals surface area (Å²) in [6.07, 6.45) is 4.79. The van der Waals surface area contributed by atoms with E-state index in [4.69, 9.17) is 11.6 Å². The van der Waals surface area contributed by atoms with Gasteiger partial charge in [0.2, 0.25) is 0 Å². The summed E-state index contributed by atoms with van der Waals surface area (Å²) < 4.78 is 0. The lowest BCUT2D eigenvalue weighted by Gasteiger charge is -2.31. The highest BCUT2D eigenvalue weighted by Crippen LogP contribution is 2.31. The van der Waals surface area contributed by atoms with Crippen LogP contribution in [-0.4, -0.2) is 41.3 Å². The number of piperidine rings is 1. The minimum Gasteiger partial charge on any atom is -0.351 e. The van der Waals surface area contributed by atoms with Crippen molar-refractivity contribution >= 4 is 34.8 Å². The quantitative estimate of drug-likeness (QED) is 0.588. The molecule has 2 aromatic rings. The van der Waals surface area contributed by atoms with Gasteiger partial charge in [0.25, 0.3) is 11.8 Å². The third-order valence-electron chi connectivity index (χ3n) is 5.56. The van der Waals surface area contributed by atoms with Crippen molar-refractivity contribution < 1.29 is 9.59 Å². The van der Waals surface area contributed by atoms with Crippen LogP contribution in [0.3, 0.4) is 0 Å². The van der Waals surface area contributed by atoms with Crippen molar-refractivity contribution in [3.05, 3.63) is 62.7 Å². The molecule has 0 spiro atoms. The maximum Gasteiger partial charge on any atom is 0.292 e. The summed E-state index contributed by atoms with van der Waals surface area (Å²) in [5.74, 6) is -0.0423. The number of benzene rings is 1. The van der Waals surface area contributed by atoms with Crippen LogP contribution in [0.2, 0.25) is 5.02 Å². The Hall–Kier alpha value is -2.42. The molecular weight excluding hydrogens is 434 g/mol. The van der Waals surface area contributed by atoms with Gasteiger partial charge in [0, 0.05) is 35.0 Å². The van der Waals surface area contributed by atoms with Gasteiger partial charge >= 0.3 is 0 Å². The van der Waals surface area contributed by atoms with Gasteiger partial charge in [-0.15, -0.1) is 16.5 Å². The van der Waals surface area contributed by atoms with Crippen LogP contribution in [0, 0.1) is 0 Å². The number of nitrogens with one attached hydrogen (secondary N) is 1. The van der Waals surface area contributed by atoms with Gasteiger partial charge < -0.3 is 5.32 Å². The Morgan fingerprint density at radius 3 is 2.71 bits per heavy atom. The number of thiazole rings is 1. The molecule has 0 bridgehead atoms. The maximum atomic E-state index is 12.4. The van der Waals surface area contributed by atoms with Crippen molar-refractivity contribution in [2.45, 2.75) is 38.1 Å². The van der Waals surface area contributed by atoms with Crippen molar-refractivity contribution in [2.75, 3.05) is 19.6 Å². The summed E-state index contributed by atoms with van der Waals surface area (Å²) in [5, 5.41) is 13.6. The Kier molecular flexibility index (Phi) is 7.21. The lowest BCUT2D eigenvalue weighted by Crippen LogP contribution is -2.32. The van der Waals surface area contributed by atoms with Crippen LogP contribution in [0.5, 0.6) is 0 Å². The second kappa shape index (κ2) is 10.3. The first-order chi connectivity index (χ1) is 15.1. The zero-order valence-corrected chi connectivity index (χ0v) is 18.7. The van der Waals surface area contributed by atoms with Gasteiger partial charge in [0.05, 0.1) is 11.2 Å². The molecule has 31 heavy (non-hydrogen) atoms. The van der Waals surface area contributed by atoms with Crippen molar-refractivity contribution in [1.29, 1.82) is 0 Å². The number of amides is 2. The van der Waals surface area contributed by atoms with Crippen molar-refractivity contribution in [2.24, 2.45) is 10.2 Å². The van der Waals surface area contributed by atoms with Crippen molar-refractivity contribution in [3.63, 3.8) is 0 Å². The Morgan fingerprint density at radius 1 is 1.23 bits per heavy atom. The van der Waals surface area contributed by atoms with Crippen LogP contribution >= 0.6 is 22.9 Å². The highest BCUT2D eigenvalue weighted by molar-refractivity contribution is 7.09. The zero-order valence-electron chi connectivity index (χ0n) is 17.1. The van der Waals surface area contributed by atoms with E-state index in [1.165, 1.54) is 11.8 Å². The van der Waals surface area contributed by atoms with E-state index in [-0.39, 0.29) is 11.8 Å². The molecule has 2 aliphatic rings. The summed E-state index contributed by atoms with van der Waals surface area (Å²) in [6, 6.07) is 8.02. The van der Waals surface area contributed by atoms with Gasteiger partial charge in [-0.1, -0.05) is 23.7 Å². The zero-order chi connectivity index (χ0) is 21.6. The van der Waals surface area contributed by atoms with Crippen LogP contribution in [0.4, 0.5) is 0 Å². The van der Waals surface area contributed by atoms with Crippen LogP contribution < -0.4 is 5.32 Å². The van der Waals surface area contributed by atoms with E-state index in [1.54, 1.807) is 11.3 Å². The normalized spacial score (nSPS) is 17.2. The number of hydrogen-bond donors (Lipinski definition) is 1. The molecule has 162 valence electrons. The van der Waals surface area contributed by atoms with Gasteiger partial charge in [-0.25, -0.2) is 4.98 Å². The van der Waals surface area contributed by atoms with Gasteiger partial charge in [0.1, 0.15) is 5.69 Å². The van der Waals surface area contributed by atoms with Crippen LogP contribution in [-0.2, 0) is 11.3 Å². The molecule has 9 heteroatoms. The number of hydrogen-bond acceptors (Lipinski definition) is 6. The van der Waals surface area contributed by atoms with E-state index in [0.717, 1.165) is 42.5 Å². The molecule has 1 aromatic heterocycles. The van der Waals surface area contributed by atoms with E-state index < -0.39 is 0 Å². The predicted octanol–water partition coefficient (Wildman–Crippen LogP) is 4.56. The van der Waals surface area contributed by atoms with Gasteiger partial charge in [0.15, 0.2) is 0 Å². The van der Waals surface area contributed by atoms with Crippen molar-refractivity contribution in [3.8, 4) is 0 Å². The maximum absolute atomic E-state index is 12.4. The van der Waals surface area contributed by atoms with E-state index in [0.29, 0.717) is 36.6 Å². The summed E-state index contributed by atoms with van der Waals surface area (Å²) in [7, 11) is 0. The molecule has 0 unspecified atom stereocenters. The van der Waals surface area contributed by atoms with Crippen LogP contribution in [0.1, 0.15) is 52.7 Å². The van der Waals surface area contributed by atoms with Gasteiger partial charge in [-0.3, -0.25) is 14.5 Å². The second-order valence-corrected chi connectivity index (χ2v) is 9.11. The minimum absolute atomic E-state index is 0.163. The second-order valence-electron chi connectivity index (χ2n) is 7.78. The number of halogens is 1. The standard InChI is InChI=1S/C22H24ClN5O2S/c23-18-5-3-15(4-6-18)13-28-10-7-16(8-11-28)22-26-19(14-31-22)21(30)24-9-1-2-17-12-25-27-20(17)29/h3-6,12,14,16H,1-2,7-11,13H2,(H,24,30). The summed E-state index contributed by atoms with van der Waals surface area (Å²) in [4.78, 5) is 30.8. The molecule has 3 heterocycles. The number of carbonyl (C=O) groups is 2. The van der Waals surface area contributed by atoms with E-state index in [2.05, 4.69) is 37.6 Å². The summed E-state index contributed by atoms with van der Waals surface area (Å²) >= 11 is 7.53. The average molecular weight is 458 g/mol. The smallest absolute Gasteiger partial charge is 0.292 e. The monoisotopic (exact) mass is 457 g/mol. The number of azo groups is 1. The van der Waals surface area contributed by atoms with Gasteiger partial charge in [-0.05, 0) is 56.5 Å². The molecule has 7 nitrogen and oxygen atoms in total. The fourth-order valence-electron chi connectivity index (χ4n) is 3.78. The summed E-state index contributed by atoms with van der Waals surface area (Å²) in [5.41, 5.74) is 2.34. The number of carbonyl (C=O) groups excluding carboxylic acids is 2. The van der Waals surface area contributed by atoms with Gasteiger partial charge in [-0.2, -0.15) is 5.11 Å². The van der Waals surface area contributed by atoms with Crippen LogP contribution in [0.15, 0.2) is 51.6 Å². The SMILES string of the molecule is O=C1N=NC=C1CCCNC(=O)c1csc(C2CCN(Cc3ccc(Cl)cc3)CC2)n1. The fraction of sp³-hybridized carbons (Fsp3) is 0.409. The predicted molar refractivity (Wildman–Crippen MR) is 120 cm³/mol. The first-order valence-corrected chi connectivity index (χ1v) is 11.7. The lowest BCUT2D eigenvalue weighted by molar-refractivity contribution is -0.114. The minimum atomic E-state index is -0.283. The largest absolute Gasteiger partial charge is 0.351 e. The van der Waals surface area contributed by atoms with E-state index in [1.807, 2.05) is 17.5 Å². The highest BCUT2D eigenvalue weighted by atomic mass is 35.5. The molecule has 0 atom stereocenters. The number of rotatable bonds is 8. The molecule has 1 fully saturated rings. The Balaban J connectivity index is 1.20. The molecule has 1 saturated heterocycles. The number of nitrogens with zero attached hydrogens (tertiary/aromatic N) is 4. The molecule has 4 rings (SSSR count). The molecule has 1 aromatic carbocycles. The van der Waals surface area contributed by atoms with Crippen molar-refractivity contribution in [1.82, 2.24) is 15.2 Å². The fourth-order valence-corrected chi connectivity index (χ4v) is 4.88. The topological polar surface area (TPSA) is 87.0 Å². The first kappa shape index (κ1) is 21.8. The molecule has 0 radical (unpaired) electrons. The molecule has 0 saturated carbocycles. The lowest BCUT2D eigenvalue weighted by atomic mass is 9.97. The Morgan fingerprint density at radius 2 is 2.00 bits per heavy atom. The molecule has 2 amide bonds. The molecular formula is C22H24ClN5O2S. The number of aromatic nitrogens is 1. The Bertz CT molecular complexity index is 994. The molecule has 0 aliphatic carbocycles. The van der Waals surface area contributed by atoms with E-state index >= 15 is 0 Å². The third kappa shape index (κ3) is 5.84. The van der Waals surface area contributed by atoms with Crippen LogP contribution in [0.25, 0.3) is 0 Å². The Labute approximate surface area is 190 Å². The molecule has 2 aliphatic heterocycles. The third-order valence-corrected chi connectivity index (χ3v) is 6.82. The summed E-state index contributed by atoms with van der Waals surface area (Å²) in [6.45, 7) is 3.45. The van der Waals surface area contributed by atoms with E-state index in [9.17, 15) is 9.59 Å². The first-order valence-electron chi connectivity index (χ1n) is 10.4. The number of likely N-dealkylation sites (tertiary alicyclic amines) is 1.